The highest BCUT2D eigenvalue weighted by Gasteiger charge is 2.18. The molecule has 1 heterocycles. The fourth-order valence-corrected chi connectivity index (χ4v) is 3.69. The van der Waals surface area contributed by atoms with Gasteiger partial charge >= 0.3 is 0 Å². The molecule has 0 bridgehead atoms. The molecule has 1 atom stereocenters. The number of amides is 1. The summed E-state index contributed by atoms with van der Waals surface area (Å²) in [7, 11) is 3.01. The number of aromatic nitrogens is 2. The van der Waals surface area contributed by atoms with Gasteiger partial charge in [0.1, 0.15) is 18.1 Å². The molecule has 2 aromatic carbocycles. The van der Waals surface area contributed by atoms with Crippen LogP contribution in [0.25, 0.3) is 0 Å². The van der Waals surface area contributed by atoms with Crippen molar-refractivity contribution in [2.45, 2.75) is 20.5 Å². The molecule has 0 saturated heterocycles. The van der Waals surface area contributed by atoms with Crippen LogP contribution < -0.4 is 24.8 Å². The van der Waals surface area contributed by atoms with Gasteiger partial charge < -0.3 is 24.8 Å². The van der Waals surface area contributed by atoms with E-state index in [9.17, 15) is 4.79 Å². The van der Waals surface area contributed by atoms with Gasteiger partial charge in [-0.15, -0.1) is 6.58 Å². The average Bonchev–Trinajstić information content (AvgIpc) is 2.86. The molecule has 8 nitrogen and oxygen atoms in total. The maximum absolute atomic E-state index is 12.3. The molecule has 3 aromatic rings. The Labute approximate surface area is 214 Å². The van der Waals surface area contributed by atoms with Crippen LogP contribution in [-0.4, -0.2) is 30.1 Å². The summed E-state index contributed by atoms with van der Waals surface area (Å²) in [6.45, 7) is 7.41. The Morgan fingerprint density at radius 3 is 2.34 bits per heavy atom. The van der Waals surface area contributed by atoms with Crippen molar-refractivity contribution in [1.82, 2.24) is 9.97 Å². The highest BCUT2D eigenvalue weighted by molar-refractivity contribution is 6.37. The molecular weight excluding hydrogens is 491 g/mol. The van der Waals surface area contributed by atoms with Crippen LogP contribution in [0.15, 0.2) is 49.3 Å². The number of carbonyl (C=O) groups is 1. The number of nitrogens with zero attached hydrogens (tertiary/aromatic N) is 2. The normalized spacial score (nSPS) is 11.4. The third kappa shape index (κ3) is 6.15. The number of aryl methyl sites for hydroxylation is 1. The Morgan fingerprint density at radius 1 is 1.14 bits per heavy atom. The summed E-state index contributed by atoms with van der Waals surface area (Å²) in [5.74, 6) is 1.09. The minimum Gasteiger partial charge on any atom is -0.495 e. The Kier molecular flexibility index (Phi) is 8.78. The zero-order valence-electron chi connectivity index (χ0n) is 19.8. The zero-order valence-corrected chi connectivity index (χ0v) is 21.3. The Hall–Kier alpha value is -3.49. The summed E-state index contributed by atoms with van der Waals surface area (Å²) in [5, 5.41) is 6.72. The summed E-state index contributed by atoms with van der Waals surface area (Å²) in [5.41, 5.74) is 2.73. The molecular formula is C25H26Cl2N4O4. The van der Waals surface area contributed by atoms with E-state index in [4.69, 9.17) is 37.4 Å². The van der Waals surface area contributed by atoms with Gasteiger partial charge in [-0.1, -0.05) is 48.3 Å². The number of nitrogens with one attached hydrogen (secondary N) is 2. The van der Waals surface area contributed by atoms with Crippen molar-refractivity contribution in [3.05, 3.63) is 70.5 Å². The highest BCUT2D eigenvalue weighted by atomic mass is 35.5. The lowest BCUT2D eigenvalue weighted by Crippen LogP contribution is -2.19. The number of benzene rings is 2. The maximum atomic E-state index is 12.3. The number of anilines is 3. The van der Waals surface area contributed by atoms with Gasteiger partial charge in [0.05, 0.1) is 54.0 Å². The van der Waals surface area contributed by atoms with Gasteiger partial charge in [-0.25, -0.2) is 9.97 Å². The first-order chi connectivity index (χ1) is 16.8. The van der Waals surface area contributed by atoms with Crippen molar-refractivity contribution >= 4 is 46.4 Å². The first kappa shape index (κ1) is 26.1. The molecule has 1 amide bonds. The molecule has 0 aliphatic carbocycles. The largest absolute Gasteiger partial charge is 0.495 e. The predicted octanol–water partition coefficient (Wildman–Crippen LogP) is 6.19. The molecule has 3 rings (SSSR count). The average molecular weight is 517 g/mol. The van der Waals surface area contributed by atoms with E-state index < -0.39 is 0 Å². The van der Waals surface area contributed by atoms with E-state index in [1.807, 2.05) is 19.1 Å². The van der Waals surface area contributed by atoms with E-state index in [-0.39, 0.29) is 18.4 Å². The number of methoxy groups -OCH3 is 2. The van der Waals surface area contributed by atoms with Gasteiger partial charge in [-0.3, -0.25) is 4.79 Å². The smallest absolute Gasteiger partial charge is 0.231 e. The monoisotopic (exact) mass is 516 g/mol. The summed E-state index contributed by atoms with van der Waals surface area (Å²) in [4.78, 5) is 21.0. The summed E-state index contributed by atoms with van der Waals surface area (Å²) < 4.78 is 16.4. The minimum absolute atomic E-state index is 0.0524. The van der Waals surface area contributed by atoms with Gasteiger partial charge in [-0.2, -0.15) is 0 Å². The summed E-state index contributed by atoms with van der Waals surface area (Å²) in [6.07, 6.45) is 4.62. The second-order valence-electron chi connectivity index (χ2n) is 7.55. The fraction of sp³-hybridized carbons (Fsp3) is 0.240. The van der Waals surface area contributed by atoms with Gasteiger partial charge in [0, 0.05) is 11.6 Å². The number of halogens is 2. The van der Waals surface area contributed by atoms with Crippen molar-refractivity contribution in [3.8, 4) is 17.2 Å². The lowest BCUT2D eigenvalue weighted by Gasteiger charge is -2.16. The third-order valence-corrected chi connectivity index (χ3v) is 6.04. The van der Waals surface area contributed by atoms with Crippen LogP contribution in [0.4, 0.5) is 17.3 Å². The number of hydrogen-bond donors (Lipinski definition) is 2. The fourth-order valence-electron chi connectivity index (χ4n) is 3.08. The molecule has 0 radical (unpaired) electrons. The Bertz CT molecular complexity index is 1190. The SMILES string of the molecule is C=CC(C)C(=O)Nc1cccc(C)c1Nc1ncc(OCc2c(Cl)c(OC)cc(OC)c2Cl)cn1. The first-order valence-corrected chi connectivity index (χ1v) is 11.4. The molecule has 1 unspecified atom stereocenters. The molecule has 35 heavy (non-hydrogen) atoms. The number of ether oxygens (including phenoxy) is 3. The molecule has 2 N–H and O–H groups in total. The van der Waals surface area contributed by atoms with E-state index in [0.717, 1.165) is 5.56 Å². The molecule has 0 spiro atoms. The van der Waals surface area contributed by atoms with E-state index >= 15 is 0 Å². The first-order valence-electron chi connectivity index (χ1n) is 10.6. The Morgan fingerprint density at radius 2 is 1.77 bits per heavy atom. The van der Waals surface area contributed by atoms with Crippen LogP contribution in [-0.2, 0) is 11.4 Å². The predicted molar refractivity (Wildman–Crippen MR) is 138 cm³/mol. The minimum atomic E-state index is -0.331. The van der Waals surface area contributed by atoms with E-state index in [1.165, 1.54) is 26.6 Å². The molecule has 0 fully saturated rings. The van der Waals surface area contributed by atoms with Crippen molar-refractivity contribution < 1.29 is 19.0 Å². The van der Waals surface area contributed by atoms with Crippen molar-refractivity contribution in [3.63, 3.8) is 0 Å². The zero-order chi connectivity index (χ0) is 25.5. The third-order valence-electron chi connectivity index (χ3n) is 5.21. The van der Waals surface area contributed by atoms with Crippen molar-refractivity contribution in [2.24, 2.45) is 5.92 Å². The number of carbonyl (C=O) groups excluding carboxylic acids is 1. The van der Waals surface area contributed by atoms with Gasteiger partial charge in [0.2, 0.25) is 11.9 Å². The molecule has 0 aliphatic rings. The Balaban J connectivity index is 1.75. The van der Waals surface area contributed by atoms with Crippen LogP contribution in [0.1, 0.15) is 18.1 Å². The summed E-state index contributed by atoms with van der Waals surface area (Å²) >= 11 is 12.8. The quantitative estimate of drug-likeness (QED) is 0.310. The van der Waals surface area contributed by atoms with Crippen LogP contribution in [0.3, 0.4) is 0 Å². The van der Waals surface area contributed by atoms with E-state index in [0.29, 0.717) is 50.2 Å². The molecule has 0 aliphatic heterocycles. The van der Waals surface area contributed by atoms with Gasteiger partial charge in [-0.05, 0) is 18.6 Å². The van der Waals surface area contributed by atoms with Crippen LogP contribution in [0.2, 0.25) is 10.0 Å². The second-order valence-corrected chi connectivity index (χ2v) is 8.31. The van der Waals surface area contributed by atoms with E-state index in [2.05, 4.69) is 27.2 Å². The van der Waals surface area contributed by atoms with Crippen LogP contribution in [0, 0.1) is 12.8 Å². The molecule has 10 heteroatoms. The summed E-state index contributed by atoms with van der Waals surface area (Å²) in [6, 6.07) is 7.19. The van der Waals surface area contributed by atoms with Gasteiger partial charge in [0.15, 0.2) is 5.75 Å². The number of para-hydroxylation sites is 1. The van der Waals surface area contributed by atoms with Crippen molar-refractivity contribution in [2.75, 3.05) is 24.9 Å². The highest BCUT2D eigenvalue weighted by Crippen LogP contribution is 2.40. The standard InChI is InChI=1S/C25H26Cl2N4O4/c1-6-14(2)24(32)30-18-9-7-8-15(3)23(18)31-25-28-11-16(12-29-25)35-13-17-21(26)19(33-4)10-20(34-5)22(17)27/h6-12,14H,1,13H2,2-5H3,(H,30,32)(H,28,29,31). The van der Waals surface area contributed by atoms with E-state index in [1.54, 1.807) is 25.1 Å². The van der Waals surface area contributed by atoms with Crippen LogP contribution in [0.5, 0.6) is 17.2 Å². The molecule has 184 valence electrons. The number of hydrogen-bond acceptors (Lipinski definition) is 7. The maximum Gasteiger partial charge on any atom is 0.231 e. The molecule has 1 aromatic heterocycles. The lowest BCUT2D eigenvalue weighted by molar-refractivity contribution is -0.118. The topological polar surface area (TPSA) is 94.6 Å². The lowest BCUT2D eigenvalue weighted by atomic mass is 10.1. The number of rotatable bonds is 10. The molecule has 0 saturated carbocycles. The van der Waals surface area contributed by atoms with Crippen molar-refractivity contribution in [1.29, 1.82) is 0 Å². The van der Waals surface area contributed by atoms with Gasteiger partial charge in [0.25, 0.3) is 0 Å². The second kappa shape index (κ2) is 11.8. The van der Waals surface area contributed by atoms with Crippen LogP contribution >= 0.6 is 23.2 Å².